The molecule has 5 rings (SSSR count). The highest BCUT2D eigenvalue weighted by atomic mass is 32.2. The molecule has 0 spiro atoms. The number of nitrogens with zero attached hydrogens (tertiary/aromatic N) is 1. The SMILES string of the molecule is CNC(C)C(=O)NC(C(=O)CS(=O)(=O)N1CCC2NCC(C(=O)Nc3ccc4ccccc4c3)C21)C1CCCCC1. The van der Waals surface area contributed by atoms with Gasteiger partial charge in [0.25, 0.3) is 0 Å². The van der Waals surface area contributed by atoms with Crippen molar-refractivity contribution in [2.45, 2.75) is 69.6 Å². The van der Waals surface area contributed by atoms with Gasteiger partial charge >= 0.3 is 0 Å². The van der Waals surface area contributed by atoms with Gasteiger partial charge in [0.15, 0.2) is 5.78 Å². The van der Waals surface area contributed by atoms with E-state index in [9.17, 15) is 22.8 Å². The van der Waals surface area contributed by atoms with E-state index in [0.717, 1.165) is 42.9 Å². The summed E-state index contributed by atoms with van der Waals surface area (Å²) in [6.07, 6.45) is 5.10. The predicted octanol–water partition coefficient (Wildman–Crippen LogP) is 2.01. The number of likely N-dealkylation sites (N-methyl/N-ethyl adjacent to an activating group) is 1. The molecular weight excluding hydrogens is 542 g/mol. The lowest BCUT2D eigenvalue weighted by molar-refractivity contribution is -0.129. The van der Waals surface area contributed by atoms with E-state index in [4.69, 9.17) is 0 Å². The molecule has 41 heavy (non-hydrogen) atoms. The molecule has 2 heterocycles. The molecule has 2 amide bonds. The Bertz CT molecular complexity index is 1390. The van der Waals surface area contributed by atoms with Crippen molar-refractivity contribution in [2.24, 2.45) is 11.8 Å². The van der Waals surface area contributed by atoms with Crippen molar-refractivity contribution in [2.75, 3.05) is 31.2 Å². The van der Waals surface area contributed by atoms with Crippen molar-refractivity contribution in [3.63, 3.8) is 0 Å². The van der Waals surface area contributed by atoms with Crippen LogP contribution in [0.25, 0.3) is 10.8 Å². The van der Waals surface area contributed by atoms with Crippen LogP contribution in [0.3, 0.4) is 0 Å². The average molecular weight is 584 g/mol. The summed E-state index contributed by atoms with van der Waals surface area (Å²) in [4.78, 5) is 39.7. The maximum absolute atomic E-state index is 13.7. The number of amides is 2. The molecule has 11 heteroatoms. The van der Waals surface area contributed by atoms with Gasteiger partial charge in [-0.1, -0.05) is 49.6 Å². The van der Waals surface area contributed by atoms with E-state index in [1.165, 1.54) is 4.31 Å². The van der Waals surface area contributed by atoms with Crippen LogP contribution in [0.1, 0.15) is 45.4 Å². The van der Waals surface area contributed by atoms with Crippen LogP contribution in [-0.4, -0.2) is 80.4 Å². The van der Waals surface area contributed by atoms with Gasteiger partial charge in [-0.25, -0.2) is 8.42 Å². The number of hydrogen-bond acceptors (Lipinski definition) is 7. The molecule has 2 aromatic carbocycles. The minimum absolute atomic E-state index is 0.0839. The maximum atomic E-state index is 13.7. The quantitative estimate of drug-likeness (QED) is 0.336. The first-order chi connectivity index (χ1) is 19.7. The van der Waals surface area contributed by atoms with Crippen LogP contribution < -0.4 is 21.3 Å². The van der Waals surface area contributed by atoms with Crippen molar-refractivity contribution in [1.29, 1.82) is 0 Å². The van der Waals surface area contributed by atoms with Crippen LogP contribution in [-0.2, 0) is 24.4 Å². The number of hydrogen-bond donors (Lipinski definition) is 4. The lowest BCUT2D eigenvalue weighted by Crippen LogP contribution is -2.54. The van der Waals surface area contributed by atoms with E-state index in [1.807, 2.05) is 42.5 Å². The fraction of sp³-hybridized carbons (Fsp3) is 0.567. The number of rotatable bonds is 10. The smallest absolute Gasteiger partial charge is 0.237 e. The summed E-state index contributed by atoms with van der Waals surface area (Å²) < 4.78 is 28.8. The van der Waals surface area contributed by atoms with E-state index in [2.05, 4.69) is 21.3 Å². The molecule has 2 aliphatic heterocycles. The van der Waals surface area contributed by atoms with Crippen LogP contribution in [0.5, 0.6) is 0 Å². The van der Waals surface area contributed by atoms with Crippen molar-refractivity contribution < 1.29 is 22.8 Å². The zero-order chi connectivity index (χ0) is 29.1. The molecule has 10 nitrogen and oxygen atoms in total. The second kappa shape index (κ2) is 12.6. The Morgan fingerprint density at radius 2 is 1.76 bits per heavy atom. The summed E-state index contributed by atoms with van der Waals surface area (Å²) >= 11 is 0. The third-order valence-corrected chi connectivity index (χ3v) is 10.8. The van der Waals surface area contributed by atoms with E-state index >= 15 is 0 Å². The summed E-state index contributed by atoms with van der Waals surface area (Å²) in [7, 11) is -2.37. The number of sulfonamides is 1. The number of fused-ring (bicyclic) bond motifs is 2. The molecule has 3 fully saturated rings. The highest BCUT2D eigenvalue weighted by molar-refractivity contribution is 7.89. The fourth-order valence-electron chi connectivity index (χ4n) is 6.65. The van der Waals surface area contributed by atoms with E-state index in [0.29, 0.717) is 18.7 Å². The zero-order valence-corrected chi connectivity index (χ0v) is 24.6. The van der Waals surface area contributed by atoms with Crippen molar-refractivity contribution in [1.82, 2.24) is 20.3 Å². The Balaban J connectivity index is 1.30. The van der Waals surface area contributed by atoms with Gasteiger partial charge < -0.3 is 21.3 Å². The van der Waals surface area contributed by atoms with Gasteiger partial charge in [0.1, 0.15) is 5.75 Å². The lowest BCUT2D eigenvalue weighted by Gasteiger charge is -2.32. The summed E-state index contributed by atoms with van der Waals surface area (Å²) in [5.41, 5.74) is 0.654. The lowest BCUT2D eigenvalue weighted by atomic mass is 9.82. The van der Waals surface area contributed by atoms with Crippen LogP contribution in [0.15, 0.2) is 42.5 Å². The highest BCUT2D eigenvalue weighted by Crippen LogP contribution is 2.34. The highest BCUT2D eigenvalue weighted by Gasteiger charge is 2.51. The fourth-order valence-corrected chi connectivity index (χ4v) is 8.41. The minimum atomic E-state index is -4.03. The van der Waals surface area contributed by atoms with E-state index in [-0.39, 0.29) is 30.3 Å². The van der Waals surface area contributed by atoms with Crippen molar-refractivity contribution in [3.05, 3.63) is 42.5 Å². The molecule has 0 aromatic heterocycles. The van der Waals surface area contributed by atoms with Gasteiger partial charge in [-0.05, 0) is 62.1 Å². The Kier molecular flexibility index (Phi) is 9.08. The number of Topliss-reactive ketones (excluding diaryl/α,β-unsaturated/α-hetero) is 1. The molecule has 2 saturated heterocycles. The first-order valence-electron chi connectivity index (χ1n) is 14.7. The molecule has 0 bridgehead atoms. The average Bonchev–Trinajstić information content (AvgIpc) is 3.58. The van der Waals surface area contributed by atoms with Crippen molar-refractivity contribution >= 4 is 44.1 Å². The predicted molar refractivity (Wildman–Crippen MR) is 159 cm³/mol. The van der Waals surface area contributed by atoms with E-state index in [1.54, 1.807) is 14.0 Å². The Labute approximate surface area is 242 Å². The molecule has 3 aliphatic rings. The van der Waals surface area contributed by atoms with Crippen LogP contribution in [0, 0.1) is 11.8 Å². The molecule has 222 valence electrons. The standard InChI is InChI=1S/C30H41N5O5S/c1-19(31-2)29(37)34-27(21-9-4-3-5-10-21)26(36)18-41(39,40)35-15-14-25-28(35)24(17-32-25)30(38)33-23-13-12-20-8-6-7-11-22(20)16-23/h6-8,11-13,16,19,21,24-25,27-28,31-32H,3-5,9-10,14-15,17-18H2,1-2H3,(H,33,38)(H,34,37). The summed E-state index contributed by atoms with van der Waals surface area (Å²) in [5.74, 6) is -2.42. The third-order valence-electron chi connectivity index (χ3n) is 9.05. The molecule has 1 aliphatic carbocycles. The van der Waals surface area contributed by atoms with Crippen LogP contribution >= 0.6 is 0 Å². The van der Waals surface area contributed by atoms with Gasteiger partial charge in [-0.3, -0.25) is 14.4 Å². The molecule has 1 saturated carbocycles. The van der Waals surface area contributed by atoms with Crippen LogP contribution in [0.4, 0.5) is 5.69 Å². The monoisotopic (exact) mass is 583 g/mol. The second-order valence-electron chi connectivity index (χ2n) is 11.7. The van der Waals surface area contributed by atoms with Gasteiger partial charge in [0.2, 0.25) is 21.8 Å². The van der Waals surface area contributed by atoms with Crippen LogP contribution in [0.2, 0.25) is 0 Å². The Hall–Kier alpha value is -2.86. The molecule has 0 radical (unpaired) electrons. The number of ketones is 1. The molecule has 4 N–H and O–H groups in total. The molecule has 2 aromatic rings. The first-order valence-corrected chi connectivity index (χ1v) is 16.3. The third kappa shape index (κ3) is 6.48. The number of anilines is 1. The Morgan fingerprint density at radius 1 is 1.02 bits per heavy atom. The molecule has 5 atom stereocenters. The number of benzene rings is 2. The second-order valence-corrected chi connectivity index (χ2v) is 13.6. The molecular formula is C30H41N5O5S. The summed E-state index contributed by atoms with van der Waals surface area (Å²) in [6, 6.07) is 11.5. The number of nitrogens with one attached hydrogen (secondary N) is 4. The molecule has 5 unspecified atom stereocenters. The first kappa shape index (κ1) is 29.6. The largest absolute Gasteiger partial charge is 0.345 e. The normalized spacial score (nSPS) is 25.0. The van der Waals surface area contributed by atoms with Gasteiger partial charge in [-0.2, -0.15) is 4.31 Å². The topological polar surface area (TPSA) is 137 Å². The maximum Gasteiger partial charge on any atom is 0.237 e. The number of carbonyl (C=O) groups excluding carboxylic acids is 3. The minimum Gasteiger partial charge on any atom is -0.345 e. The summed E-state index contributed by atoms with van der Waals surface area (Å²) in [5, 5.41) is 14.1. The summed E-state index contributed by atoms with van der Waals surface area (Å²) in [6.45, 7) is 2.31. The van der Waals surface area contributed by atoms with Gasteiger partial charge in [0.05, 0.1) is 24.0 Å². The van der Waals surface area contributed by atoms with E-state index < -0.39 is 45.6 Å². The number of carbonyl (C=O) groups is 3. The van der Waals surface area contributed by atoms with Gasteiger partial charge in [-0.15, -0.1) is 0 Å². The Morgan fingerprint density at radius 3 is 2.49 bits per heavy atom. The van der Waals surface area contributed by atoms with Crippen molar-refractivity contribution in [3.8, 4) is 0 Å². The van der Waals surface area contributed by atoms with Gasteiger partial charge in [0, 0.05) is 24.8 Å². The zero-order valence-electron chi connectivity index (χ0n) is 23.8.